The number of aromatic nitrogens is 3. The van der Waals surface area contributed by atoms with Gasteiger partial charge in [0.05, 0.1) is 4.92 Å². The molecule has 0 saturated heterocycles. The molecule has 0 amide bonds. The van der Waals surface area contributed by atoms with Crippen LogP contribution >= 0.6 is 11.8 Å². The van der Waals surface area contributed by atoms with Gasteiger partial charge in [0.15, 0.2) is 0 Å². The molecule has 0 aliphatic carbocycles. The van der Waals surface area contributed by atoms with Gasteiger partial charge in [-0.1, -0.05) is 0 Å². The second kappa shape index (κ2) is 4.42. The minimum absolute atomic E-state index is 0.0419. The number of hydrogen-bond donors (Lipinski definition) is 2. The lowest BCUT2D eigenvalue weighted by atomic mass is 10.3. The van der Waals surface area contributed by atoms with Crippen molar-refractivity contribution < 1.29 is 4.92 Å². The van der Waals surface area contributed by atoms with Gasteiger partial charge in [-0.05, 0) is 24.8 Å². The number of non-ortho nitro benzene ring substituents is 1. The van der Waals surface area contributed by atoms with Crippen LogP contribution in [0.5, 0.6) is 0 Å². The number of H-pyrrole nitrogens is 1. The Morgan fingerprint density at radius 3 is 2.82 bits per heavy atom. The molecule has 0 radical (unpaired) electrons. The Morgan fingerprint density at radius 1 is 1.47 bits per heavy atom. The number of anilines is 1. The number of nitro groups is 1. The molecule has 2 aromatic rings. The van der Waals surface area contributed by atoms with Gasteiger partial charge in [0.2, 0.25) is 5.16 Å². The zero-order valence-electron chi connectivity index (χ0n) is 8.88. The lowest BCUT2D eigenvalue weighted by Gasteiger charge is -1.99. The van der Waals surface area contributed by atoms with Crippen LogP contribution in [0.4, 0.5) is 11.4 Å². The van der Waals surface area contributed by atoms with Gasteiger partial charge in [0.1, 0.15) is 5.82 Å². The topological polar surface area (TPSA) is 111 Å². The highest BCUT2D eigenvalue weighted by atomic mass is 32.2. The number of hydrogen-bond acceptors (Lipinski definition) is 6. The first-order valence-corrected chi connectivity index (χ1v) is 5.48. The van der Waals surface area contributed by atoms with E-state index in [9.17, 15) is 10.1 Å². The molecule has 88 valence electrons. The standard InChI is InChI=1S/C9H9N5O2S/c1-5-11-9(13-12-5)17-8-3-6(10)2-7(4-8)14(15)16/h2-4H,10H2,1H3,(H,11,12,13). The summed E-state index contributed by atoms with van der Waals surface area (Å²) in [4.78, 5) is 14.9. The van der Waals surface area contributed by atoms with Crippen LogP contribution in [0.15, 0.2) is 28.3 Å². The summed E-state index contributed by atoms with van der Waals surface area (Å²) in [5.74, 6) is 0.686. The Morgan fingerprint density at radius 2 is 2.24 bits per heavy atom. The van der Waals surface area contributed by atoms with E-state index in [2.05, 4.69) is 15.2 Å². The van der Waals surface area contributed by atoms with Gasteiger partial charge in [-0.15, -0.1) is 5.10 Å². The number of nitrogens with one attached hydrogen (secondary N) is 1. The summed E-state index contributed by atoms with van der Waals surface area (Å²) in [7, 11) is 0. The lowest BCUT2D eigenvalue weighted by molar-refractivity contribution is -0.385. The van der Waals surface area contributed by atoms with Crippen molar-refractivity contribution >= 4 is 23.1 Å². The van der Waals surface area contributed by atoms with Gasteiger partial charge < -0.3 is 5.73 Å². The van der Waals surface area contributed by atoms with Crippen LogP contribution in [0.1, 0.15) is 5.82 Å². The summed E-state index contributed by atoms with van der Waals surface area (Å²) >= 11 is 1.22. The van der Waals surface area contributed by atoms with E-state index in [0.29, 0.717) is 21.6 Å². The molecule has 0 spiro atoms. The third kappa shape index (κ3) is 2.72. The van der Waals surface area contributed by atoms with Crippen molar-refractivity contribution in [1.29, 1.82) is 0 Å². The molecular formula is C9H9N5O2S. The van der Waals surface area contributed by atoms with E-state index in [0.717, 1.165) is 0 Å². The zero-order valence-corrected chi connectivity index (χ0v) is 9.69. The molecule has 0 saturated carbocycles. The van der Waals surface area contributed by atoms with E-state index < -0.39 is 4.92 Å². The molecule has 7 nitrogen and oxygen atoms in total. The average molecular weight is 251 g/mol. The Bertz CT molecular complexity index is 568. The Kier molecular flexibility index (Phi) is 2.96. The van der Waals surface area contributed by atoms with Crippen molar-refractivity contribution in [2.45, 2.75) is 17.0 Å². The maximum atomic E-state index is 10.7. The molecule has 0 atom stereocenters. The van der Waals surface area contributed by atoms with E-state index in [-0.39, 0.29) is 5.69 Å². The fourth-order valence-electron chi connectivity index (χ4n) is 1.24. The van der Waals surface area contributed by atoms with E-state index in [4.69, 9.17) is 5.73 Å². The molecule has 1 aromatic heterocycles. The van der Waals surface area contributed by atoms with Crippen LogP contribution in [0.25, 0.3) is 0 Å². The van der Waals surface area contributed by atoms with Crippen molar-refractivity contribution in [2.24, 2.45) is 0 Å². The van der Waals surface area contributed by atoms with Gasteiger partial charge in [-0.2, -0.15) is 0 Å². The molecule has 8 heteroatoms. The van der Waals surface area contributed by atoms with Crippen molar-refractivity contribution in [1.82, 2.24) is 15.2 Å². The summed E-state index contributed by atoms with van der Waals surface area (Å²) in [6.07, 6.45) is 0. The largest absolute Gasteiger partial charge is 0.398 e. The first-order valence-electron chi connectivity index (χ1n) is 4.66. The highest BCUT2D eigenvalue weighted by Gasteiger charge is 2.11. The van der Waals surface area contributed by atoms with E-state index in [1.165, 1.54) is 23.9 Å². The summed E-state index contributed by atoms with van der Waals surface area (Å²) in [6, 6.07) is 4.39. The van der Waals surface area contributed by atoms with Gasteiger partial charge in [-0.25, -0.2) is 4.98 Å². The Balaban J connectivity index is 2.29. The van der Waals surface area contributed by atoms with Crippen LogP contribution in [0.2, 0.25) is 0 Å². The first-order chi connectivity index (χ1) is 8.04. The molecule has 1 heterocycles. The van der Waals surface area contributed by atoms with Crippen LogP contribution < -0.4 is 5.73 Å². The van der Waals surface area contributed by atoms with Crippen molar-refractivity contribution in [3.63, 3.8) is 0 Å². The fourth-order valence-corrected chi connectivity index (χ4v) is 2.10. The number of nitrogen functional groups attached to an aromatic ring is 1. The SMILES string of the molecule is Cc1nc(Sc2cc(N)cc([N+](=O)[O-])c2)n[nH]1. The van der Waals surface area contributed by atoms with Crippen molar-refractivity contribution in [3.05, 3.63) is 34.1 Å². The summed E-state index contributed by atoms with van der Waals surface area (Å²) < 4.78 is 0. The maximum Gasteiger partial charge on any atom is 0.272 e. The van der Waals surface area contributed by atoms with Gasteiger partial charge in [-0.3, -0.25) is 15.2 Å². The molecule has 0 unspecified atom stereocenters. The number of nitrogens with two attached hydrogens (primary N) is 1. The monoisotopic (exact) mass is 251 g/mol. The van der Waals surface area contributed by atoms with Crippen LogP contribution in [-0.2, 0) is 0 Å². The van der Waals surface area contributed by atoms with Gasteiger partial charge in [0.25, 0.3) is 5.69 Å². The van der Waals surface area contributed by atoms with E-state index in [1.807, 2.05) is 0 Å². The molecule has 3 N–H and O–H groups in total. The predicted molar refractivity (Wildman–Crippen MR) is 62.8 cm³/mol. The molecule has 1 aromatic carbocycles. The number of benzene rings is 1. The molecule has 0 bridgehead atoms. The molecular weight excluding hydrogens is 242 g/mol. The van der Waals surface area contributed by atoms with Gasteiger partial charge >= 0.3 is 0 Å². The fraction of sp³-hybridized carbons (Fsp3) is 0.111. The summed E-state index contributed by atoms with van der Waals surface area (Å²) in [5.41, 5.74) is 5.89. The van der Waals surface area contributed by atoms with Crippen LogP contribution in [0.3, 0.4) is 0 Å². The van der Waals surface area contributed by atoms with E-state index >= 15 is 0 Å². The summed E-state index contributed by atoms with van der Waals surface area (Å²) in [5, 5.41) is 17.8. The van der Waals surface area contributed by atoms with Crippen LogP contribution in [-0.4, -0.2) is 20.1 Å². The lowest BCUT2D eigenvalue weighted by Crippen LogP contribution is -1.92. The molecule has 2 rings (SSSR count). The molecule has 17 heavy (non-hydrogen) atoms. The highest BCUT2D eigenvalue weighted by molar-refractivity contribution is 7.99. The molecule has 0 fully saturated rings. The minimum Gasteiger partial charge on any atom is -0.398 e. The molecule has 0 aliphatic rings. The zero-order chi connectivity index (χ0) is 12.4. The van der Waals surface area contributed by atoms with Crippen LogP contribution in [0, 0.1) is 17.0 Å². The quantitative estimate of drug-likeness (QED) is 0.488. The third-order valence-electron chi connectivity index (χ3n) is 1.91. The third-order valence-corrected chi connectivity index (χ3v) is 2.75. The molecule has 0 aliphatic heterocycles. The Hall–Kier alpha value is -2.09. The normalized spacial score (nSPS) is 10.4. The van der Waals surface area contributed by atoms with Crippen molar-refractivity contribution in [2.75, 3.05) is 5.73 Å². The number of rotatable bonds is 3. The summed E-state index contributed by atoms with van der Waals surface area (Å²) in [6.45, 7) is 1.78. The second-order valence-electron chi connectivity index (χ2n) is 3.32. The Labute approximate surface area is 101 Å². The number of aryl methyl sites for hydroxylation is 1. The first kappa shape index (κ1) is 11.4. The van der Waals surface area contributed by atoms with E-state index in [1.54, 1.807) is 13.0 Å². The smallest absolute Gasteiger partial charge is 0.272 e. The average Bonchev–Trinajstić information content (AvgIpc) is 2.63. The van der Waals surface area contributed by atoms with Gasteiger partial charge in [0, 0.05) is 22.7 Å². The second-order valence-corrected chi connectivity index (χ2v) is 4.36. The highest BCUT2D eigenvalue weighted by Crippen LogP contribution is 2.29. The number of aromatic amines is 1. The van der Waals surface area contributed by atoms with Crippen molar-refractivity contribution in [3.8, 4) is 0 Å². The number of nitrogens with zero attached hydrogens (tertiary/aromatic N) is 3. The number of nitro benzene ring substituents is 1. The minimum atomic E-state index is -0.482. The predicted octanol–water partition coefficient (Wildman–Crippen LogP) is 1.75. The maximum absolute atomic E-state index is 10.7.